The topological polar surface area (TPSA) is 60.5 Å². The van der Waals surface area contributed by atoms with Crippen LogP contribution in [0.25, 0.3) is 6.08 Å². The minimum atomic E-state index is -0.442. The number of pyridine rings is 1. The number of hydrogen-bond acceptors (Lipinski definition) is 4. The molecule has 5 nitrogen and oxygen atoms in total. The van der Waals surface area contributed by atoms with E-state index in [9.17, 15) is 4.79 Å². The number of aryl methyl sites for hydroxylation is 1. The van der Waals surface area contributed by atoms with Crippen molar-refractivity contribution >= 4 is 12.2 Å². The van der Waals surface area contributed by atoms with Gasteiger partial charge in [-0.3, -0.25) is 0 Å². The molecule has 0 saturated heterocycles. The molecule has 2 rings (SSSR count). The first-order valence-corrected chi connectivity index (χ1v) is 7.32. The van der Waals surface area contributed by atoms with Crippen molar-refractivity contribution in [3.05, 3.63) is 65.4 Å². The summed E-state index contributed by atoms with van der Waals surface area (Å²) in [6, 6.07) is 13.3. The van der Waals surface area contributed by atoms with Gasteiger partial charge in [0.1, 0.15) is 6.61 Å². The number of aromatic nitrogens is 1. The predicted molar refractivity (Wildman–Crippen MR) is 89.2 cm³/mol. The summed E-state index contributed by atoms with van der Waals surface area (Å²) in [5.41, 5.74) is 2.80. The van der Waals surface area contributed by atoms with E-state index >= 15 is 0 Å². The van der Waals surface area contributed by atoms with Crippen molar-refractivity contribution < 1.29 is 14.3 Å². The minimum absolute atomic E-state index is 0.262. The Morgan fingerprint density at radius 2 is 2.00 bits per heavy atom. The number of carbonyl (C=O) groups excluding carboxylic acids is 1. The van der Waals surface area contributed by atoms with Gasteiger partial charge in [0.25, 0.3) is 0 Å². The molecule has 0 bridgehead atoms. The lowest BCUT2D eigenvalue weighted by Crippen LogP contribution is -2.24. The number of amides is 1. The highest BCUT2D eigenvalue weighted by Crippen LogP contribution is 2.13. The van der Waals surface area contributed by atoms with Gasteiger partial charge in [0, 0.05) is 18.3 Å². The van der Waals surface area contributed by atoms with Crippen LogP contribution in [0.3, 0.4) is 0 Å². The van der Waals surface area contributed by atoms with Crippen LogP contribution in [0.5, 0.6) is 5.88 Å². The molecule has 0 atom stereocenters. The number of benzene rings is 1. The molecular formula is C18H20N2O3. The van der Waals surface area contributed by atoms with Crippen molar-refractivity contribution in [1.29, 1.82) is 0 Å². The van der Waals surface area contributed by atoms with Crippen LogP contribution in [-0.2, 0) is 11.3 Å². The van der Waals surface area contributed by atoms with E-state index in [1.165, 1.54) is 0 Å². The van der Waals surface area contributed by atoms with Gasteiger partial charge in [0.05, 0.1) is 7.11 Å². The summed E-state index contributed by atoms with van der Waals surface area (Å²) in [6.07, 6.45) is 3.31. The van der Waals surface area contributed by atoms with E-state index in [2.05, 4.69) is 10.3 Å². The number of rotatable bonds is 6. The second kappa shape index (κ2) is 8.58. The van der Waals surface area contributed by atoms with Crippen LogP contribution < -0.4 is 10.1 Å². The van der Waals surface area contributed by atoms with Gasteiger partial charge < -0.3 is 14.8 Å². The van der Waals surface area contributed by atoms with E-state index in [1.807, 2.05) is 55.5 Å². The zero-order valence-corrected chi connectivity index (χ0v) is 13.3. The number of ether oxygens (including phenoxy) is 2. The summed E-state index contributed by atoms with van der Waals surface area (Å²) < 4.78 is 10.2. The number of alkyl carbamates (subject to hydrolysis) is 1. The Morgan fingerprint density at radius 3 is 2.70 bits per heavy atom. The monoisotopic (exact) mass is 312 g/mol. The first-order valence-electron chi connectivity index (χ1n) is 7.32. The van der Waals surface area contributed by atoms with Crippen molar-refractivity contribution in [2.75, 3.05) is 13.7 Å². The van der Waals surface area contributed by atoms with Gasteiger partial charge in [-0.25, -0.2) is 9.78 Å². The lowest BCUT2D eigenvalue weighted by atomic mass is 10.2. The molecule has 0 aliphatic carbocycles. The minimum Gasteiger partial charge on any atom is -0.481 e. The molecule has 0 aliphatic rings. The molecular weight excluding hydrogens is 292 g/mol. The molecule has 0 aliphatic heterocycles. The molecule has 1 amide bonds. The van der Waals surface area contributed by atoms with Crippen molar-refractivity contribution in [2.24, 2.45) is 0 Å². The van der Waals surface area contributed by atoms with Crippen LogP contribution in [0.1, 0.15) is 16.8 Å². The summed E-state index contributed by atoms with van der Waals surface area (Å²) in [7, 11) is 1.59. The lowest BCUT2D eigenvalue weighted by Gasteiger charge is -2.05. The molecule has 0 radical (unpaired) electrons. The molecule has 2 aromatic rings. The highest BCUT2D eigenvalue weighted by Gasteiger charge is 2.01. The summed E-state index contributed by atoms with van der Waals surface area (Å²) in [5.74, 6) is 0.585. The number of nitrogens with one attached hydrogen (secondary N) is 1. The summed E-state index contributed by atoms with van der Waals surface area (Å²) >= 11 is 0. The Bertz CT molecular complexity index is 669. The highest BCUT2D eigenvalue weighted by molar-refractivity contribution is 5.67. The SMILES string of the molecule is COc1ccc(C=CCNC(=O)OCc2ccccc2)c(C)n1. The van der Waals surface area contributed by atoms with Gasteiger partial charge in [-0.2, -0.15) is 0 Å². The molecule has 1 aromatic carbocycles. The average molecular weight is 312 g/mol. The van der Waals surface area contributed by atoms with E-state index in [0.29, 0.717) is 12.4 Å². The Hall–Kier alpha value is -2.82. The molecule has 1 aromatic heterocycles. The quantitative estimate of drug-likeness (QED) is 0.888. The number of methoxy groups -OCH3 is 1. The predicted octanol–water partition coefficient (Wildman–Crippen LogP) is 3.34. The third kappa shape index (κ3) is 5.47. The number of nitrogens with zero attached hydrogens (tertiary/aromatic N) is 1. The molecule has 1 N–H and O–H groups in total. The molecule has 120 valence electrons. The largest absolute Gasteiger partial charge is 0.481 e. The first-order chi connectivity index (χ1) is 11.2. The van der Waals surface area contributed by atoms with Gasteiger partial charge in [0.2, 0.25) is 5.88 Å². The Kier molecular flexibility index (Phi) is 6.17. The zero-order valence-electron chi connectivity index (χ0n) is 13.3. The molecule has 0 spiro atoms. The van der Waals surface area contributed by atoms with Gasteiger partial charge in [-0.1, -0.05) is 42.5 Å². The molecule has 1 heterocycles. The first kappa shape index (κ1) is 16.5. The summed E-state index contributed by atoms with van der Waals surface area (Å²) in [4.78, 5) is 15.9. The van der Waals surface area contributed by atoms with Crippen LogP contribution >= 0.6 is 0 Å². The van der Waals surface area contributed by atoms with Crippen molar-refractivity contribution in [3.63, 3.8) is 0 Å². The van der Waals surface area contributed by atoms with E-state index in [-0.39, 0.29) is 6.61 Å². The maximum Gasteiger partial charge on any atom is 0.407 e. The van der Waals surface area contributed by atoms with Gasteiger partial charge in [-0.15, -0.1) is 0 Å². The molecule has 0 saturated carbocycles. The maximum absolute atomic E-state index is 11.6. The molecule has 0 unspecified atom stereocenters. The van der Waals surface area contributed by atoms with E-state index in [1.54, 1.807) is 13.2 Å². The van der Waals surface area contributed by atoms with Crippen LogP contribution in [-0.4, -0.2) is 24.7 Å². The smallest absolute Gasteiger partial charge is 0.407 e. The highest BCUT2D eigenvalue weighted by atomic mass is 16.5. The van der Waals surface area contributed by atoms with Gasteiger partial charge >= 0.3 is 6.09 Å². The standard InChI is InChI=1S/C18H20N2O3/c1-14-16(10-11-17(20-14)22-2)9-6-12-19-18(21)23-13-15-7-4-3-5-8-15/h3-11H,12-13H2,1-2H3,(H,19,21). The number of carbonyl (C=O) groups is 1. The van der Waals surface area contributed by atoms with Crippen LogP contribution in [0.4, 0.5) is 4.79 Å². The Labute approximate surface area is 136 Å². The van der Waals surface area contributed by atoms with E-state index < -0.39 is 6.09 Å². The Morgan fingerprint density at radius 1 is 1.22 bits per heavy atom. The zero-order chi connectivity index (χ0) is 16.5. The van der Waals surface area contributed by atoms with Crippen molar-refractivity contribution in [2.45, 2.75) is 13.5 Å². The van der Waals surface area contributed by atoms with Gasteiger partial charge in [0.15, 0.2) is 0 Å². The normalized spacial score (nSPS) is 10.5. The van der Waals surface area contributed by atoms with Crippen molar-refractivity contribution in [3.8, 4) is 5.88 Å². The number of hydrogen-bond donors (Lipinski definition) is 1. The lowest BCUT2D eigenvalue weighted by molar-refractivity contribution is 0.141. The fourth-order valence-corrected chi connectivity index (χ4v) is 1.94. The van der Waals surface area contributed by atoms with Crippen LogP contribution in [0, 0.1) is 6.92 Å². The van der Waals surface area contributed by atoms with Crippen molar-refractivity contribution in [1.82, 2.24) is 10.3 Å². The molecule has 0 fully saturated rings. The summed E-state index contributed by atoms with van der Waals surface area (Å²) in [5, 5.41) is 2.67. The van der Waals surface area contributed by atoms with Crippen LogP contribution in [0.15, 0.2) is 48.5 Å². The van der Waals surface area contributed by atoms with E-state index in [4.69, 9.17) is 9.47 Å². The second-order valence-corrected chi connectivity index (χ2v) is 4.87. The third-order valence-corrected chi connectivity index (χ3v) is 3.18. The second-order valence-electron chi connectivity index (χ2n) is 4.87. The van der Waals surface area contributed by atoms with E-state index in [0.717, 1.165) is 16.8 Å². The fourth-order valence-electron chi connectivity index (χ4n) is 1.94. The summed E-state index contributed by atoms with van der Waals surface area (Å²) in [6.45, 7) is 2.56. The molecule has 5 heteroatoms. The Balaban J connectivity index is 1.74. The van der Waals surface area contributed by atoms with Gasteiger partial charge in [-0.05, 0) is 24.1 Å². The average Bonchev–Trinajstić information content (AvgIpc) is 2.58. The fraction of sp³-hybridized carbons (Fsp3) is 0.222. The third-order valence-electron chi connectivity index (χ3n) is 3.18. The maximum atomic E-state index is 11.6. The molecule has 23 heavy (non-hydrogen) atoms. The van der Waals surface area contributed by atoms with Crippen LogP contribution in [0.2, 0.25) is 0 Å².